The van der Waals surface area contributed by atoms with Gasteiger partial charge in [0.05, 0.1) is 11.1 Å². The number of aromatic nitrogens is 1. The predicted octanol–water partition coefficient (Wildman–Crippen LogP) is 8.43. The second-order valence-corrected chi connectivity index (χ2v) is 8.88. The molecule has 0 aliphatic heterocycles. The molecular formula is C31H25F3N2. The van der Waals surface area contributed by atoms with E-state index in [0.29, 0.717) is 18.4 Å². The largest absolute Gasteiger partial charge is 0.418 e. The second-order valence-electron chi connectivity index (χ2n) is 8.88. The van der Waals surface area contributed by atoms with Crippen molar-refractivity contribution < 1.29 is 13.2 Å². The number of hydrogen-bond donors (Lipinski definition) is 1. The van der Waals surface area contributed by atoms with E-state index in [1.54, 1.807) is 12.3 Å². The Labute approximate surface area is 208 Å². The Morgan fingerprint density at radius 1 is 0.778 bits per heavy atom. The highest BCUT2D eigenvalue weighted by molar-refractivity contribution is 5.98. The predicted molar refractivity (Wildman–Crippen MR) is 140 cm³/mol. The van der Waals surface area contributed by atoms with Crippen LogP contribution < -0.4 is 5.32 Å². The summed E-state index contributed by atoms with van der Waals surface area (Å²) in [5.41, 5.74) is 6.11. The zero-order chi connectivity index (χ0) is 25.1. The number of fused-ring (bicyclic) bond motifs is 1. The highest BCUT2D eigenvalue weighted by Gasteiger charge is 2.33. The van der Waals surface area contributed by atoms with Crippen LogP contribution in [0, 0.1) is 6.92 Å². The maximum atomic E-state index is 13.8. The van der Waals surface area contributed by atoms with Crippen LogP contribution in [0.5, 0.6) is 0 Å². The number of rotatable bonds is 6. The Morgan fingerprint density at radius 3 is 2.31 bits per heavy atom. The fourth-order valence-electron chi connectivity index (χ4n) is 4.57. The first-order valence-electron chi connectivity index (χ1n) is 11.8. The van der Waals surface area contributed by atoms with Gasteiger partial charge in [-0.1, -0.05) is 78.9 Å². The summed E-state index contributed by atoms with van der Waals surface area (Å²) in [6.45, 7) is 2.73. The molecule has 0 aliphatic carbocycles. The molecule has 5 aromatic rings. The van der Waals surface area contributed by atoms with Gasteiger partial charge in [-0.15, -0.1) is 0 Å². The maximum absolute atomic E-state index is 13.8. The molecule has 0 amide bonds. The molecule has 0 unspecified atom stereocenters. The topological polar surface area (TPSA) is 24.9 Å². The average molecular weight is 483 g/mol. The van der Waals surface area contributed by atoms with Crippen molar-refractivity contribution in [3.8, 4) is 11.1 Å². The fourth-order valence-corrected chi connectivity index (χ4v) is 4.57. The van der Waals surface area contributed by atoms with Crippen LogP contribution in [0.4, 0.5) is 18.9 Å². The molecule has 0 bridgehead atoms. The van der Waals surface area contributed by atoms with E-state index in [0.717, 1.165) is 34.0 Å². The highest BCUT2D eigenvalue weighted by atomic mass is 19.4. The van der Waals surface area contributed by atoms with Gasteiger partial charge in [-0.25, -0.2) is 0 Å². The molecule has 1 N–H and O–H groups in total. The van der Waals surface area contributed by atoms with E-state index in [2.05, 4.69) is 29.4 Å². The van der Waals surface area contributed by atoms with Crippen LogP contribution in [0.15, 0.2) is 103 Å². The summed E-state index contributed by atoms with van der Waals surface area (Å²) in [5, 5.41) is 3.96. The summed E-state index contributed by atoms with van der Waals surface area (Å²) in [4.78, 5) is 4.30. The molecule has 2 nitrogen and oxygen atoms in total. The molecule has 0 atom stereocenters. The van der Waals surface area contributed by atoms with Crippen molar-refractivity contribution in [2.24, 2.45) is 0 Å². The molecule has 5 rings (SSSR count). The number of alkyl halides is 3. The van der Waals surface area contributed by atoms with Crippen molar-refractivity contribution in [2.45, 2.75) is 26.1 Å². The Morgan fingerprint density at radius 2 is 1.53 bits per heavy atom. The molecule has 0 radical (unpaired) electrons. The lowest BCUT2D eigenvalue weighted by molar-refractivity contribution is -0.136. The van der Waals surface area contributed by atoms with Crippen molar-refractivity contribution in [2.75, 3.05) is 5.32 Å². The standard InChI is InChI=1S/C31H25F3N2/c1-21-9-5-6-12-24(21)19-35-26-14-7-13-23(18-26)29-25(17-22-10-3-2-4-11-22)20-36-30-27(29)15-8-16-28(30)31(32,33)34/h2-16,18,20,35H,17,19H2,1H3. The SMILES string of the molecule is Cc1ccccc1CNc1cccc(-c2c(Cc3ccccc3)cnc3c(C(F)(F)F)cccc23)c1. The number of nitrogens with zero attached hydrogens (tertiary/aromatic N) is 1. The zero-order valence-electron chi connectivity index (χ0n) is 19.8. The summed E-state index contributed by atoms with van der Waals surface area (Å²) in [6, 6.07) is 30.2. The molecule has 0 saturated heterocycles. The van der Waals surface area contributed by atoms with Crippen molar-refractivity contribution >= 4 is 16.6 Å². The van der Waals surface area contributed by atoms with Gasteiger partial charge in [0, 0.05) is 23.8 Å². The molecule has 36 heavy (non-hydrogen) atoms. The summed E-state index contributed by atoms with van der Waals surface area (Å²) in [5.74, 6) is 0. The number of pyridine rings is 1. The first-order chi connectivity index (χ1) is 17.4. The summed E-state index contributed by atoms with van der Waals surface area (Å²) in [7, 11) is 0. The Hall–Kier alpha value is -4.12. The van der Waals surface area contributed by atoms with Crippen molar-refractivity contribution in [1.29, 1.82) is 0 Å². The van der Waals surface area contributed by atoms with E-state index in [9.17, 15) is 13.2 Å². The minimum Gasteiger partial charge on any atom is -0.381 e. The van der Waals surface area contributed by atoms with E-state index in [-0.39, 0.29) is 5.52 Å². The summed E-state index contributed by atoms with van der Waals surface area (Å²) >= 11 is 0. The lowest BCUT2D eigenvalue weighted by atomic mass is 9.91. The van der Waals surface area contributed by atoms with E-state index < -0.39 is 11.7 Å². The van der Waals surface area contributed by atoms with Crippen molar-refractivity contribution in [3.63, 3.8) is 0 Å². The van der Waals surface area contributed by atoms with Gasteiger partial charge in [-0.05, 0) is 64.9 Å². The minimum absolute atomic E-state index is 0.0323. The molecular weight excluding hydrogens is 457 g/mol. The third kappa shape index (κ3) is 4.96. The van der Waals surface area contributed by atoms with Crippen LogP contribution in [-0.4, -0.2) is 4.98 Å². The van der Waals surface area contributed by atoms with Crippen LogP contribution in [0.2, 0.25) is 0 Å². The monoisotopic (exact) mass is 482 g/mol. The summed E-state index contributed by atoms with van der Waals surface area (Å²) < 4.78 is 41.4. The average Bonchev–Trinajstić information content (AvgIpc) is 2.88. The zero-order valence-corrected chi connectivity index (χ0v) is 19.8. The van der Waals surface area contributed by atoms with Crippen LogP contribution in [0.1, 0.15) is 27.8 Å². The van der Waals surface area contributed by atoms with Gasteiger partial charge < -0.3 is 5.32 Å². The van der Waals surface area contributed by atoms with Gasteiger partial charge in [-0.3, -0.25) is 4.98 Å². The van der Waals surface area contributed by atoms with Crippen LogP contribution in [0.3, 0.4) is 0 Å². The summed E-state index contributed by atoms with van der Waals surface area (Å²) in [6.07, 6.45) is -2.33. The highest BCUT2D eigenvalue weighted by Crippen LogP contribution is 2.39. The van der Waals surface area contributed by atoms with Gasteiger partial charge in [0.25, 0.3) is 0 Å². The van der Waals surface area contributed by atoms with E-state index >= 15 is 0 Å². The molecule has 180 valence electrons. The second kappa shape index (κ2) is 9.86. The lowest BCUT2D eigenvalue weighted by Crippen LogP contribution is -2.07. The third-order valence-corrected chi connectivity index (χ3v) is 6.41. The molecule has 0 saturated carbocycles. The molecule has 1 aromatic heterocycles. The molecule has 1 heterocycles. The maximum Gasteiger partial charge on any atom is 0.418 e. The van der Waals surface area contributed by atoms with E-state index in [1.165, 1.54) is 17.2 Å². The molecule has 5 heteroatoms. The van der Waals surface area contributed by atoms with Gasteiger partial charge in [0.15, 0.2) is 0 Å². The van der Waals surface area contributed by atoms with Gasteiger partial charge >= 0.3 is 6.18 Å². The van der Waals surface area contributed by atoms with E-state index in [1.807, 2.05) is 66.7 Å². The molecule has 0 spiro atoms. The van der Waals surface area contributed by atoms with Crippen LogP contribution >= 0.6 is 0 Å². The smallest absolute Gasteiger partial charge is 0.381 e. The number of para-hydroxylation sites is 1. The number of halogens is 3. The first-order valence-corrected chi connectivity index (χ1v) is 11.8. The Kier molecular flexibility index (Phi) is 6.47. The minimum atomic E-state index is -4.48. The van der Waals surface area contributed by atoms with Crippen LogP contribution in [0.25, 0.3) is 22.0 Å². The quantitative estimate of drug-likeness (QED) is 0.263. The Bertz CT molecular complexity index is 1510. The van der Waals surface area contributed by atoms with E-state index in [4.69, 9.17) is 0 Å². The Balaban J connectivity index is 1.61. The normalized spacial score (nSPS) is 11.6. The molecule has 0 fully saturated rings. The first kappa shape index (κ1) is 23.6. The molecule has 0 aliphatic rings. The number of aryl methyl sites for hydroxylation is 1. The third-order valence-electron chi connectivity index (χ3n) is 6.41. The number of benzene rings is 4. The van der Waals surface area contributed by atoms with Crippen molar-refractivity contribution in [3.05, 3.63) is 131 Å². The number of nitrogens with one attached hydrogen (secondary N) is 1. The lowest BCUT2D eigenvalue weighted by Gasteiger charge is -2.17. The van der Waals surface area contributed by atoms with Gasteiger partial charge in [0.2, 0.25) is 0 Å². The van der Waals surface area contributed by atoms with Crippen molar-refractivity contribution in [1.82, 2.24) is 4.98 Å². The van der Waals surface area contributed by atoms with Gasteiger partial charge in [-0.2, -0.15) is 13.2 Å². The number of hydrogen-bond acceptors (Lipinski definition) is 2. The number of anilines is 1. The molecule has 4 aromatic carbocycles. The van der Waals surface area contributed by atoms with Crippen LogP contribution in [-0.2, 0) is 19.1 Å². The van der Waals surface area contributed by atoms with Gasteiger partial charge in [0.1, 0.15) is 0 Å². The fraction of sp³-hybridized carbons (Fsp3) is 0.129.